The molecule has 2 aliphatic rings. The summed E-state index contributed by atoms with van der Waals surface area (Å²) in [6, 6.07) is 13.1. The van der Waals surface area contributed by atoms with Gasteiger partial charge in [0, 0.05) is 19.3 Å². The first-order chi connectivity index (χ1) is 13.7. The quantitative estimate of drug-likeness (QED) is 0.887. The SMILES string of the molecule is O=C(NCc1ccccn1)[C@H]1CCCN(C(=O)N2CCOc3ccccc32)C1. The minimum Gasteiger partial charge on any atom is -0.490 e. The Morgan fingerprint density at radius 3 is 2.86 bits per heavy atom. The Balaban J connectivity index is 1.38. The van der Waals surface area contributed by atoms with Crippen molar-refractivity contribution < 1.29 is 14.3 Å². The number of nitrogens with one attached hydrogen (secondary N) is 1. The predicted molar refractivity (Wildman–Crippen MR) is 105 cm³/mol. The second-order valence-electron chi connectivity index (χ2n) is 7.07. The second kappa shape index (κ2) is 8.29. The lowest BCUT2D eigenvalue weighted by atomic mass is 9.97. The number of nitrogens with zero attached hydrogens (tertiary/aromatic N) is 3. The van der Waals surface area contributed by atoms with Crippen LogP contribution in [0.4, 0.5) is 10.5 Å². The Morgan fingerprint density at radius 1 is 1.14 bits per heavy atom. The Bertz CT molecular complexity index is 843. The van der Waals surface area contributed by atoms with Gasteiger partial charge in [-0.2, -0.15) is 0 Å². The normalized spacial score (nSPS) is 18.8. The third kappa shape index (κ3) is 3.93. The van der Waals surface area contributed by atoms with Crippen LogP contribution in [0, 0.1) is 5.92 Å². The van der Waals surface area contributed by atoms with Crippen LogP contribution < -0.4 is 15.0 Å². The zero-order valence-corrected chi connectivity index (χ0v) is 15.7. The molecule has 0 radical (unpaired) electrons. The van der Waals surface area contributed by atoms with Gasteiger partial charge in [0.15, 0.2) is 0 Å². The lowest BCUT2D eigenvalue weighted by molar-refractivity contribution is -0.126. The lowest BCUT2D eigenvalue weighted by Crippen LogP contribution is -2.52. The van der Waals surface area contributed by atoms with E-state index in [2.05, 4.69) is 10.3 Å². The molecule has 2 aromatic rings. The molecule has 1 fully saturated rings. The van der Waals surface area contributed by atoms with E-state index in [0.717, 1.165) is 30.0 Å². The van der Waals surface area contributed by atoms with Crippen molar-refractivity contribution in [1.29, 1.82) is 0 Å². The molecule has 0 spiro atoms. The summed E-state index contributed by atoms with van der Waals surface area (Å²) in [5.41, 5.74) is 1.62. The molecule has 0 saturated carbocycles. The Kier molecular flexibility index (Phi) is 5.41. The van der Waals surface area contributed by atoms with Gasteiger partial charge in [0.2, 0.25) is 5.91 Å². The number of aromatic nitrogens is 1. The minimum atomic E-state index is -0.197. The number of carbonyl (C=O) groups is 2. The van der Waals surface area contributed by atoms with E-state index in [9.17, 15) is 9.59 Å². The standard InChI is InChI=1S/C21H24N4O3/c26-20(23-14-17-7-3-4-10-22-17)16-6-5-11-24(15-16)21(27)25-12-13-28-19-9-2-1-8-18(19)25/h1-4,7-10,16H,5-6,11-15H2,(H,23,26)/t16-/m0/s1. The van der Waals surface area contributed by atoms with Gasteiger partial charge in [0.1, 0.15) is 12.4 Å². The predicted octanol–water partition coefficient (Wildman–Crippen LogP) is 2.43. The van der Waals surface area contributed by atoms with Crippen LogP contribution in [-0.4, -0.2) is 48.1 Å². The van der Waals surface area contributed by atoms with Crippen molar-refractivity contribution in [3.63, 3.8) is 0 Å². The third-order valence-electron chi connectivity index (χ3n) is 5.19. The van der Waals surface area contributed by atoms with Crippen LogP contribution in [0.2, 0.25) is 0 Å². The second-order valence-corrected chi connectivity index (χ2v) is 7.07. The minimum absolute atomic E-state index is 0.0227. The van der Waals surface area contributed by atoms with Crippen LogP contribution in [0.1, 0.15) is 18.5 Å². The number of urea groups is 1. The molecule has 3 amide bonds. The maximum absolute atomic E-state index is 13.1. The van der Waals surface area contributed by atoms with E-state index < -0.39 is 0 Å². The van der Waals surface area contributed by atoms with E-state index in [1.807, 2.05) is 42.5 Å². The van der Waals surface area contributed by atoms with E-state index in [-0.39, 0.29) is 17.9 Å². The molecule has 7 nitrogen and oxygen atoms in total. The Labute approximate surface area is 164 Å². The topological polar surface area (TPSA) is 74.8 Å². The highest BCUT2D eigenvalue weighted by atomic mass is 16.5. The van der Waals surface area contributed by atoms with E-state index in [1.165, 1.54) is 0 Å². The molecule has 1 atom stereocenters. The molecule has 2 aliphatic heterocycles. The van der Waals surface area contributed by atoms with Gasteiger partial charge in [-0.1, -0.05) is 18.2 Å². The van der Waals surface area contributed by atoms with E-state index >= 15 is 0 Å². The number of anilines is 1. The number of rotatable bonds is 3. The van der Waals surface area contributed by atoms with Crippen LogP contribution >= 0.6 is 0 Å². The van der Waals surface area contributed by atoms with Crippen molar-refractivity contribution in [2.45, 2.75) is 19.4 Å². The molecule has 3 heterocycles. The van der Waals surface area contributed by atoms with Gasteiger partial charge in [0.05, 0.1) is 30.4 Å². The number of piperidine rings is 1. The van der Waals surface area contributed by atoms with Crippen molar-refractivity contribution in [2.75, 3.05) is 31.1 Å². The molecule has 7 heteroatoms. The van der Waals surface area contributed by atoms with Crippen LogP contribution in [0.15, 0.2) is 48.7 Å². The maximum atomic E-state index is 13.1. The largest absolute Gasteiger partial charge is 0.490 e. The van der Waals surface area contributed by atoms with Gasteiger partial charge in [-0.15, -0.1) is 0 Å². The highest BCUT2D eigenvalue weighted by Gasteiger charge is 2.33. The number of pyridine rings is 1. The van der Waals surface area contributed by atoms with Crippen molar-refractivity contribution in [3.8, 4) is 5.75 Å². The number of hydrogen-bond donors (Lipinski definition) is 1. The highest BCUT2D eigenvalue weighted by Crippen LogP contribution is 2.32. The molecule has 1 aromatic heterocycles. The first-order valence-corrected chi connectivity index (χ1v) is 9.68. The zero-order chi connectivity index (χ0) is 19.3. The summed E-state index contributed by atoms with van der Waals surface area (Å²) in [5, 5.41) is 2.95. The third-order valence-corrected chi connectivity index (χ3v) is 5.19. The molecule has 1 saturated heterocycles. The number of benzene rings is 1. The van der Waals surface area contributed by atoms with Gasteiger partial charge in [-0.05, 0) is 37.1 Å². The van der Waals surface area contributed by atoms with Gasteiger partial charge in [-0.3, -0.25) is 14.7 Å². The van der Waals surface area contributed by atoms with Crippen LogP contribution in [0.25, 0.3) is 0 Å². The monoisotopic (exact) mass is 380 g/mol. The van der Waals surface area contributed by atoms with Crippen molar-refractivity contribution in [2.24, 2.45) is 5.92 Å². The van der Waals surface area contributed by atoms with Crippen LogP contribution in [0.5, 0.6) is 5.75 Å². The van der Waals surface area contributed by atoms with E-state index in [4.69, 9.17) is 4.74 Å². The van der Waals surface area contributed by atoms with E-state index in [0.29, 0.717) is 32.8 Å². The average Bonchev–Trinajstić information content (AvgIpc) is 2.77. The van der Waals surface area contributed by atoms with Crippen LogP contribution in [0.3, 0.4) is 0 Å². The number of amides is 3. The maximum Gasteiger partial charge on any atom is 0.324 e. The van der Waals surface area contributed by atoms with Gasteiger partial charge < -0.3 is 15.0 Å². The Morgan fingerprint density at radius 2 is 2.00 bits per heavy atom. The number of para-hydroxylation sites is 2. The highest BCUT2D eigenvalue weighted by molar-refractivity contribution is 5.94. The summed E-state index contributed by atoms with van der Waals surface area (Å²) < 4.78 is 5.64. The Hall–Kier alpha value is -3.09. The fourth-order valence-electron chi connectivity index (χ4n) is 3.73. The molecule has 0 aliphatic carbocycles. The lowest BCUT2D eigenvalue weighted by Gasteiger charge is -2.37. The van der Waals surface area contributed by atoms with Gasteiger partial charge >= 0.3 is 6.03 Å². The molecule has 1 N–H and O–H groups in total. The first-order valence-electron chi connectivity index (χ1n) is 9.68. The zero-order valence-electron chi connectivity index (χ0n) is 15.7. The van der Waals surface area contributed by atoms with Gasteiger partial charge in [-0.25, -0.2) is 4.79 Å². The summed E-state index contributed by atoms with van der Waals surface area (Å²) in [5.74, 6) is 0.506. The molecular weight excluding hydrogens is 356 g/mol. The molecule has 28 heavy (non-hydrogen) atoms. The van der Waals surface area contributed by atoms with Crippen LogP contribution in [-0.2, 0) is 11.3 Å². The molecule has 0 unspecified atom stereocenters. The molecule has 146 valence electrons. The summed E-state index contributed by atoms with van der Waals surface area (Å²) in [4.78, 5) is 33.5. The number of ether oxygens (including phenoxy) is 1. The molecular formula is C21H24N4O3. The number of carbonyl (C=O) groups excluding carboxylic acids is 2. The fourth-order valence-corrected chi connectivity index (χ4v) is 3.73. The van der Waals surface area contributed by atoms with Crippen molar-refractivity contribution >= 4 is 17.6 Å². The number of likely N-dealkylation sites (tertiary alicyclic amines) is 1. The summed E-state index contributed by atoms with van der Waals surface area (Å²) >= 11 is 0. The summed E-state index contributed by atoms with van der Waals surface area (Å²) in [7, 11) is 0. The molecule has 4 rings (SSSR count). The average molecular weight is 380 g/mol. The fraction of sp³-hybridized carbons (Fsp3) is 0.381. The molecule has 0 bridgehead atoms. The number of fused-ring (bicyclic) bond motifs is 1. The molecule has 1 aromatic carbocycles. The summed E-state index contributed by atoms with van der Waals surface area (Å²) in [6.45, 7) is 2.50. The number of hydrogen-bond acceptors (Lipinski definition) is 4. The van der Waals surface area contributed by atoms with E-state index in [1.54, 1.807) is 16.0 Å². The summed E-state index contributed by atoms with van der Waals surface area (Å²) in [6.07, 6.45) is 3.32. The smallest absolute Gasteiger partial charge is 0.324 e. The van der Waals surface area contributed by atoms with Crippen molar-refractivity contribution in [3.05, 3.63) is 54.4 Å². The van der Waals surface area contributed by atoms with Crippen molar-refractivity contribution in [1.82, 2.24) is 15.2 Å². The van der Waals surface area contributed by atoms with Gasteiger partial charge in [0.25, 0.3) is 0 Å². The first kappa shape index (κ1) is 18.3.